The molecule has 0 aliphatic carbocycles. The second-order valence-corrected chi connectivity index (χ2v) is 4.38. The van der Waals surface area contributed by atoms with Crippen molar-refractivity contribution < 1.29 is 9.90 Å². The van der Waals surface area contributed by atoms with Crippen molar-refractivity contribution in [3.8, 4) is 0 Å². The second-order valence-electron chi connectivity index (χ2n) is 4.38. The quantitative estimate of drug-likeness (QED) is 0.698. The van der Waals surface area contributed by atoms with E-state index in [0.717, 1.165) is 26.2 Å². The summed E-state index contributed by atoms with van der Waals surface area (Å²) < 4.78 is 1.73. The first-order valence-corrected chi connectivity index (χ1v) is 6.83. The summed E-state index contributed by atoms with van der Waals surface area (Å²) in [5.74, 6) is -0.866. The normalized spacial score (nSPS) is 12.8. The number of hydrogen-bond donors (Lipinski definition) is 2. The van der Waals surface area contributed by atoms with Gasteiger partial charge in [-0.1, -0.05) is 13.8 Å². The van der Waals surface area contributed by atoms with Crippen molar-refractivity contribution >= 4 is 5.97 Å². The van der Waals surface area contributed by atoms with E-state index in [9.17, 15) is 9.90 Å². The summed E-state index contributed by atoms with van der Waals surface area (Å²) in [7, 11) is 0. The van der Waals surface area contributed by atoms with Crippen molar-refractivity contribution in [2.75, 3.05) is 26.2 Å². The molecule has 0 aliphatic rings. The van der Waals surface area contributed by atoms with E-state index in [1.165, 1.54) is 0 Å². The zero-order valence-electron chi connectivity index (χ0n) is 12.0. The van der Waals surface area contributed by atoms with Gasteiger partial charge in [0.1, 0.15) is 6.04 Å². The lowest BCUT2D eigenvalue weighted by Crippen LogP contribution is -2.36. The molecule has 0 spiro atoms. The third-order valence-corrected chi connectivity index (χ3v) is 3.23. The number of rotatable bonds is 9. The average molecular weight is 268 g/mol. The highest BCUT2D eigenvalue weighted by Crippen LogP contribution is 2.12. The van der Waals surface area contributed by atoms with E-state index in [-0.39, 0.29) is 0 Å². The van der Waals surface area contributed by atoms with E-state index in [2.05, 4.69) is 29.2 Å². The lowest BCUT2D eigenvalue weighted by molar-refractivity contribution is -0.139. The van der Waals surface area contributed by atoms with Gasteiger partial charge in [-0.3, -0.25) is 14.8 Å². The maximum Gasteiger partial charge on any atom is 0.325 e. The third kappa shape index (κ3) is 4.65. The van der Waals surface area contributed by atoms with Crippen LogP contribution in [0.3, 0.4) is 0 Å². The van der Waals surface area contributed by atoms with E-state index in [1.807, 2.05) is 6.92 Å². The van der Waals surface area contributed by atoms with Crippen LogP contribution in [0.2, 0.25) is 0 Å². The van der Waals surface area contributed by atoms with Crippen molar-refractivity contribution in [1.29, 1.82) is 0 Å². The number of carboxylic acid groups (broad SMARTS) is 1. The molecule has 0 amide bonds. The summed E-state index contributed by atoms with van der Waals surface area (Å²) in [6, 6.07) is -0.684. The number of nitrogens with zero attached hydrogens (tertiary/aromatic N) is 3. The summed E-state index contributed by atoms with van der Waals surface area (Å²) in [5.41, 5.74) is 0.703. The van der Waals surface area contributed by atoms with E-state index >= 15 is 0 Å². The van der Waals surface area contributed by atoms with Crippen LogP contribution in [0.25, 0.3) is 0 Å². The minimum atomic E-state index is -0.866. The van der Waals surface area contributed by atoms with Crippen LogP contribution in [0, 0.1) is 0 Å². The standard InChI is InChI=1S/C13H24N4O2/c1-4-16(5-2)8-7-14-12(13(18)19)11-9-15-17(6-3)10-11/h9-10,12,14H,4-8H2,1-3H3,(H,18,19). The number of aryl methyl sites for hydroxylation is 1. The van der Waals surface area contributed by atoms with E-state index < -0.39 is 12.0 Å². The summed E-state index contributed by atoms with van der Waals surface area (Å²) in [6.07, 6.45) is 3.40. The van der Waals surface area contributed by atoms with Crippen LogP contribution < -0.4 is 5.32 Å². The molecule has 0 saturated heterocycles. The predicted molar refractivity (Wildman–Crippen MR) is 74.1 cm³/mol. The minimum Gasteiger partial charge on any atom is -0.480 e. The summed E-state index contributed by atoms with van der Waals surface area (Å²) in [5, 5.41) is 16.5. The first kappa shape index (κ1) is 15.7. The van der Waals surface area contributed by atoms with Crippen molar-refractivity contribution in [3.05, 3.63) is 18.0 Å². The monoisotopic (exact) mass is 268 g/mol. The maximum atomic E-state index is 11.3. The average Bonchev–Trinajstić information content (AvgIpc) is 2.87. The molecule has 1 unspecified atom stereocenters. The Hall–Kier alpha value is -1.40. The topological polar surface area (TPSA) is 70.4 Å². The number of aromatic nitrogens is 2. The second kappa shape index (κ2) is 7.91. The number of hydrogen-bond acceptors (Lipinski definition) is 4. The molecule has 6 heteroatoms. The molecule has 1 heterocycles. The van der Waals surface area contributed by atoms with Gasteiger partial charge in [-0.05, 0) is 20.0 Å². The molecule has 0 aliphatic heterocycles. The Morgan fingerprint density at radius 2 is 2.16 bits per heavy atom. The molecule has 0 bridgehead atoms. The van der Waals surface area contributed by atoms with Crippen LogP contribution >= 0.6 is 0 Å². The summed E-state index contributed by atoms with van der Waals surface area (Å²) in [4.78, 5) is 13.6. The number of carboxylic acids is 1. The molecule has 1 rings (SSSR count). The fraction of sp³-hybridized carbons (Fsp3) is 0.692. The van der Waals surface area contributed by atoms with Gasteiger partial charge in [-0.25, -0.2) is 0 Å². The first-order valence-electron chi connectivity index (χ1n) is 6.83. The number of aliphatic carboxylic acids is 1. The van der Waals surface area contributed by atoms with Gasteiger partial charge in [0.2, 0.25) is 0 Å². The van der Waals surface area contributed by atoms with Crippen LogP contribution in [-0.4, -0.2) is 51.9 Å². The number of likely N-dealkylation sites (N-methyl/N-ethyl adjacent to an activating group) is 1. The fourth-order valence-corrected chi connectivity index (χ4v) is 1.96. The highest BCUT2D eigenvalue weighted by molar-refractivity contribution is 5.75. The van der Waals surface area contributed by atoms with Crippen LogP contribution in [0.15, 0.2) is 12.4 Å². The minimum absolute atomic E-state index is 0.649. The molecule has 2 N–H and O–H groups in total. The van der Waals surface area contributed by atoms with Crippen molar-refractivity contribution in [2.24, 2.45) is 0 Å². The van der Waals surface area contributed by atoms with Crippen LogP contribution in [0.4, 0.5) is 0 Å². The van der Waals surface area contributed by atoms with Crippen LogP contribution in [-0.2, 0) is 11.3 Å². The van der Waals surface area contributed by atoms with Crippen molar-refractivity contribution in [3.63, 3.8) is 0 Å². The number of carbonyl (C=O) groups is 1. The van der Waals surface area contributed by atoms with Gasteiger partial charge < -0.3 is 10.0 Å². The Morgan fingerprint density at radius 3 is 2.63 bits per heavy atom. The van der Waals surface area contributed by atoms with Gasteiger partial charge in [0.05, 0.1) is 6.20 Å². The molecule has 108 valence electrons. The maximum absolute atomic E-state index is 11.3. The summed E-state index contributed by atoms with van der Waals surface area (Å²) >= 11 is 0. The van der Waals surface area contributed by atoms with E-state index in [4.69, 9.17) is 0 Å². The zero-order chi connectivity index (χ0) is 14.3. The molecule has 0 radical (unpaired) electrons. The third-order valence-electron chi connectivity index (χ3n) is 3.23. The Morgan fingerprint density at radius 1 is 1.47 bits per heavy atom. The largest absolute Gasteiger partial charge is 0.480 e. The SMILES string of the molecule is CCN(CC)CCNC(C(=O)O)c1cnn(CC)c1. The van der Waals surface area contributed by atoms with E-state index in [0.29, 0.717) is 12.1 Å². The van der Waals surface area contributed by atoms with Gasteiger partial charge in [0.15, 0.2) is 0 Å². The van der Waals surface area contributed by atoms with Gasteiger partial charge in [0, 0.05) is 31.4 Å². The Labute approximate surface area is 114 Å². The Bertz CT molecular complexity index is 388. The molecule has 1 aromatic rings. The summed E-state index contributed by atoms with van der Waals surface area (Å²) in [6.45, 7) is 10.4. The molecule has 1 aromatic heterocycles. The lowest BCUT2D eigenvalue weighted by atomic mass is 10.1. The molecular formula is C13H24N4O2. The predicted octanol–water partition coefficient (Wildman–Crippen LogP) is 0.960. The molecule has 0 fully saturated rings. The molecule has 0 saturated carbocycles. The van der Waals surface area contributed by atoms with Gasteiger partial charge >= 0.3 is 5.97 Å². The molecular weight excluding hydrogens is 244 g/mol. The lowest BCUT2D eigenvalue weighted by Gasteiger charge is -2.20. The Balaban J connectivity index is 2.56. The smallest absolute Gasteiger partial charge is 0.325 e. The molecule has 0 aromatic carbocycles. The van der Waals surface area contributed by atoms with Crippen LogP contribution in [0.1, 0.15) is 32.4 Å². The van der Waals surface area contributed by atoms with Crippen molar-refractivity contribution in [2.45, 2.75) is 33.4 Å². The van der Waals surface area contributed by atoms with Gasteiger partial charge in [-0.15, -0.1) is 0 Å². The van der Waals surface area contributed by atoms with E-state index in [1.54, 1.807) is 17.1 Å². The molecule has 19 heavy (non-hydrogen) atoms. The van der Waals surface area contributed by atoms with Crippen molar-refractivity contribution in [1.82, 2.24) is 20.0 Å². The highest BCUT2D eigenvalue weighted by atomic mass is 16.4. The zero-order valence-corrected chi connectivity index (χ0v) is 12.0. The highest BCUT2D eigenvalue weighted by Gasteiger charge is 2.20. The number of nitrogens with one attached hydrogen (secondary N) is 1. The van der Waals surface area contributed by atoms with Crippen LogP contribution in [0.5, 0.6) is 0 Å². The molecule has 6 nitrogen and oxygen atoms in total. The first-order chi connectivity index (χ1) is 9.12. The molecule has 1 atom stereocenters. The van der Waals surface area contributed by atoms with Gasteiger partial charge in [0.25, 0.3) is 0 Å². The fourth-order valence-electron chi connectivity index (χ4n) is 1.96. The van der Waals surface area contributed by atoms with Gasteiger partial charge in [-0.2, -0.15) is 5.10 Å². The Kier molecular flexibility index (Phi) is 6.52.